The maximum atomic E-state index is 4.97. The highest BCUT2D eigenvalue weighted by molar-refractivity contribution is 5.54. The second kappa shape index (κ2) is 8.45. The lowest BCUT2D eigenvalue weighted by atomic mass is 10.0. The fourth-order valence-electron chi connectivity index (χ4n) is 4.17. The Hall–Kier alpha value is -2.18. The van der Waals surface area contributed by atoms with E-state index in [-0.39, 0.29) is 0 Å². The summed E-state index contributed by atoms with van der Waals surface area (Å²) in [4.78, 5) is 19.4. The highest BCUT2D eigenvalue weighted by Crippen LogP contribution is 2.29. The number of hydrogen-bond acceptors (Lipinski definition) is 6. The fraction of sp³-hybridized carbons (Fsp3) is 0.545. The Morgan fingerprint density at radius 3 is 2.36 bits per heavy atom. The van der Waals surface area contributed by atoms with Crippen molar-refractivity contribution in [1.29, 1.82) is 0 Å². The van der Waals surface area contributed by atoms with E-state index in [1.54, 1.807) is 0 Å². The van der Waals surface area contributed by atoms with E-state index in [1.807, 2.05) is 19.0 Å². The van der Waals surface area contributed by atoms with Gasteiger partial charge in [-0.05, 0) is 18.5 Å². The molecular formula is C22H32N6. The largest absolute Gasteiger partial charge is 0.354 e. The molecule has 1 aromatic heterocycles. The first-order valence-corrected chi connectivity index (χ1v) is 10.4. The van der Waals surface area contributed by atoms with Gasteiger partial charge < -0.3 is 14.7 Å². The summed E-state index contributed by atoms with van der Waals surface area (Å²) in [6, 6.07) is 10.7. The molecule has 0 amide bonds. The zero-order valence-corrected chi connectivity index (χ0v) is 17.4. The minimum absolute atomic E-state index is 0.827. The van der Waals surface area contributed by atoms with Gasteiger partial charge in [0.1, 0.15) is 5.82 Å². The Labute approximate surface area is 168 Å². The molecule has 0 atom stereocenters. The van der Waals surface area contributed by atoms with Crippen molar-refractivity contribution in [2.24, 2.45) is 0 Å². The van der Waals surface area contributed by atoms with Crippen LogP contribution in [-0.4, -0.2) is 73.1 Å². The molecule has 3 heterocycles. The number of nitrogens with zero attached hydrogens (tertiary/aromatic N) is 6. The number of benzene rings is 1. The SMILES string of the molecule is CCN1CCN(c2nc(N(C)C)nc3c2CCN(Cc2ccccc2)C3)CC1. The summed E-state index contributed by atoms with van der Waals surface area (Å²) in [7, 11) is 4.07. The van der Waals surface area contributed by atoms with Gasteiger partial charge in [0, 0.05) is 65.5 Å². The van der Waals surface area contributed by atoms with E-state index in [0.717, 1.165) is 64.7 Å². The highest BCUT2D eigenvalue weighted by Gasteiger charge is 2.27. The van der Waals surface area contributed by atoms with Crippen LogP contribution in [0.4, 0.5) is 11.8 Å². The zero-order chi connectivity index (χ0) is 19.5. The first kappa shape index (κ1) is 19.2. The number of fused-ring (bicyclic) bond motifs is 1. The molecule has 4 rings (SSSR count). The average Bonchev–Trinajstić information content (AvgIpc) is 2.73. The lowest BCUT2D eigenvalue weighted by Crippen LogP contribution is -2.47. The molecule has 1 fully saturated rings. The summed E-state index contributed by atoms with van der Waals surface area (Å²) in [6.07, 6.45) is 1.03. The first-order chi connectivity index (χ1) is 13.6. The molecule has 0 aliphatic carbocycles. The van der Waals surface area contributed by atoms with Crippen molar-refractivity contribution in [3.63, 3.8) is 0 Å². The van der Waals surface area contributed by atoms with Crippen molar-refractivity contribution < 1.29 is 0 Å². The van der Waals surface area contributed by atoms with Gasteiger partial charge in [-0.3, -0.25) is 4.90 Å². The predicted molar refractivity (Wildman–Crippen MR) is 115 cm³/mol. The molecule has 6 nitrogen and oxygen atoms in total. The van der Waals surface area contributed by atoms with Crippen LogP contribution in [0.3, 0.4) is 0 Å². The van der Waals surface area contributed by atoms with E-state index in [1.165, 1.54) is 22.6 Å². The summed E-state index contributed by atoms with van der Waals surface area (Å²) in [6.45, 7) is 10.7. The van der Waals surface area contributed by atoms with Gasteiger partial charge >= 0.3 is 0 Å². The molecule has 0 radical (unpaired) electrons. The Bertz CT molecular complexity index is 783. The number of hydrogen-bond donors (Lipinski definition) is 0. The van der Waals surface area contributed by atoms with Crippen LogP contribution in [0.25, 0.3) is 0 Å². The van der Waals surface area contributed by atoms with Gasteiger partial charge in [0.25, 0.3) is 0 Å². The molecule has 2 aromatic rings. The number of rotatable bonds is 5. The Morgan fingerprint density at radius 2 is 1.68 bits per heavy atom. The Morgan fingerprint density at radius 1 is 0.929 bits per heavy atom. The molecule has 0 saturated carbocycles. The van der Waals surface area contributed by atoms with E-state index in [0.29, 0.717) is 0 Å². The van der Waals surface area contributed by atoms with Crippen molar-refractivity contribution in [2.45, 2.75) is 26.4 Å². The lowest BCUT2D eigenvalue weighted by Gasteiger charge is -2.37. The van der Waals surface area contributed by atoms with Crippen molar-refractivity contribution >= 4 is 11.8 Å². The lowest BCUT2D eigenvalue weighted by molar-refractivity contribution is 0.240. The predicted octanol–water partition coefficient (Wildman–Crippen LogP) is 2.24. The maximum Gasteiger partial charge on any atom is 0.227 e. The molecule has 6 heteroatoms. The van der Waals surface area contributed by atoms with Crippen molar-refractivity contribution in [3.05, 3.63) is 47.2 Å². The highest BCUT2D eigenvalue weighted by atomic mass is 15.3. The van der Waals surface area contributed by atoms with Crippen molar-refractivity contribution in [3.8, 4) is 0 Å². The molecule has 1 aromatic carbocycles. The van der Waals surface area contributed by atoms with Crippen molar-refractivity contribution in [1.82, 2.24) is 19.8 Å². The minimum atomic E-state index is 0.827. The summed E-state index contributed by atoms with van der Waals surface area (Å²) in [5.41, 5.74) is 3.93. The standard InChI is InChI=1S/C22H32N6/c1-4-26-12-14-28(15-13-26)21-19-10-11-27(16-18-8-6-5-7-9-18)17-20(19)23-22(24-21)25(2)3/h5-9H,4,10-17H2,1-3H3. The second-order valence-corrected chi connectivity index (χ2v) is 8.03. The van der Waals surface area contributed by atoms with Gasteiger partial charge in [0.05, 0.1) is 5.69 Å². The zero-order valence-electron chi connectivity index (χ0n) is 17.4. The van der Waals surface area contributed by atoms with Crippen LogP contribution in [0.1, 0.15) is 23.7 Å². The molecule has 2 aliphatic rings. The second-order valence-electron chi connectivity index (χ2n) is 8.03. The Balaban J connectivity index is 1.58. The normalized spacial score (nSPS) is 18.2. The fourth-order valence-corrected chi connectivity index (χ4v) is 4.17. The van der Waals surface area contributed by atoms with E-state index >= 15 is 0 Å². The monoisotopic (exact) mass is 380 g/mol. The molecule has 0 bridgehead atoms. The van der Waals surface area contributed by atoms with Gasteiger partial charge in [0.15, 0.2) is 0 Å². The first-order valence-electron chi connectivity index (χ1n) is 10.4. The van der Waals surface area contributed by atoms with Crippen LogP contribution in [-0.2, 0) is 19.5 Å². The van der Waals surface area contributed by atoms with Gasteiger partial charge in [-0.25, -0.2) is 4.98 Å². The summed E-state index contributed by atoms with van der Waals surface area (Å²) in [5, 5.41) is 0. The van der Waals surface area contributed by atoms with Crippen LogP contribution in [0.15, 0.2) is 30.3 Å². The molecule has 1 saturated heterocycles. The van der Waals surface area contributed by atoms with Crippen LogP contribution in [0.2, 0.25) is 0 Å². The summed E-state index contributed by atoms with van der Waals surface area (Å²) in [5.74, 6) is 2.00. The Kier molecular flexibility index (Phi) is 5.78. The molecule has 28 heavy (non-hydrogen) atoms. The molecule has 2 aliphatic heterocycles. The molecular weight excluding hydrogens is 348 g/mol. The summed E-state index contributed by atoms with van der Waals surface area (Å²) >= 11 is 0. The molecule has 150 valence electrons. The topological polar surface area (TPSA) is 38.7 Å². The van der Waals surface area contributed by atoms with Gasteiger partial charge in [-0.2, -0.15) is 4.98 Å². The third kappa shape index (κ3) is 4.13. The number of aromatic nitrogens is 2. The van der Waals surface area contributed by atoms with Crippen LogP contribution >= 0.6 is 0 Å². The van der Waals surface area contributed by atoms with Crippen LogP contribution in [0, 0.1) is 0 Å². The van der Waals surface area contributed by atoms with Crippen molar-refractivity contribution in [2.75, 3.05) is 63.2 Å². The van der Waals surface area contributed by atoms with E-state index in [9.17, 15) is 0 Å². The van der Waals surface area contributed by atoms with Gasteiger partial charge in [0.2, 0.25) is 5.95 Å². The third-order valence-corrected chi connectivity index (χ3v) is 5.88. The van der Waals surface area contributed by atoms with E-state index in [2.05, 4.69) is 52.0 Å². The third-order valence-electron chi connectivity index (χ3n) is 5.88. The summed E-state index contributed by atoms with van der Waals surface area (Å²) < 4.78 is 0. The van der Waals surface area contributed by atoms with Crippen LogP contribution < -0.4 is 9.80 Å². The maximum absolute atomic E-state index is 4.97. The number of anilines is 2. The molecule has 0 N–H and O–H groups in total. The smallest absolute Gasteiger partial charge is 0.227 e. The minimum Gasteiger partial charge on any atom is -0.354 e. The number of piperazine rings is 1. The van der Waals surface area contributed by atoms with E-state index < -0.39 is 0 Å². The quantitative estimate of drug-likeness (QED) is 0.792. The van der Waals surface area contributed by atoms with Gasteiger partial charge in [-0.15, -0.1) is 0 Å². The van der Waals surface area contributed by atoms with Gasteiger partial charge in [-0.1, -0.05) is 37.3 Å². The number of likely N-dealkylation sites (N-methyl/N-ethyl adjacent to an activating group) is 1. The molecule has 0 spiro atoms. The van der Waals surface area contributed by atoms with E-state index in [4.69, 9.17) is 9.97 Å². The average molecular weight is 381 g/mol. The molecule has 0 unspecified atom stereocenters. The van der Waals surface area contributed by atoms with Crippen LogP contribution in [0.5, 0.6) is 0 Å².